The third kappa shape index (κ3) is 14.2. The molecule has 0 aliphatic carbocycles. The van der Waals surface area contributed by atoms with Gasteiger partial charge in [-0.3, -0.25) is 0 Å². The Labute approximate surface area is 414 Å². The molecule has 5 aromatic carbocycles. The molecule has 6 rings (SSSR count). The number of hydrogen-bond acceptors (Lipinski definition) is 8. The van der Waals surface area contributed by atoms with E-state index in [1.807, 2.05) is 51.1 Å². The van der Waals surface area contributed by atoms with Crippen molar-refractivity contribution in [3.63, 3.8) is 0 Å². The molecule has 5 aromatic rings. The highest BCUT2D eigenvalue weighted by Crippen LogP contribution is 2.44. The number of carbonyl (C=O) groups is 1. The van der Waals surface area contributed by atoms with Crippen LogP contribution < -0.4 is 15.1 Å². The van der Waals surface area contributed by atoms with Crippen molar-refractivity contribution < 1.29 is 32.9 Å². The van der Waals surface area contributed by atoms with Crippen molar-refractivity contribution in [1.29, 1.82) is 0 Å². The molecular formula is C58H76O7SSi2. The zero-order valence-corrected chi connectivity index (χ0v) is 45.5. The summed E-state index contributed by atoms with van der Waals surface area (Å²) in [7, 11) is -2.51. The summed E-state index contributed by atoms with van der Waals surface area (Å²) < 4.78 is 39.5. The molecule has 0 radical (unpaired) electrons. The highest BCUT2D eigenvalue weighted by atomic mass is 32.2. The Kier molecular flexibility index (Phi) is 18.4. The molecule has 1 heterocycles. The first kappa shape index (κ1) is 53.1. The first-order chi connectivity index (χ1) is 32.3. The normalized spacial score (nSPS) is 17.8. The number of hydrogen-bond donors (Lipinski definition) is 0. The van der Waals surface area contributed by atoms with E-state index in [0.717, 1.165) is 45.4 Å². The first-order valence-electron chi connectivity index (χ1n) is 24.3. The summed E-state index contributed by atoms with van der Waals surface area (Å²) in [5.74, 6) is -0.305. The largest absolute Gasteiger partial charge is 0.497 e. The average Bonchev–Trinajstić information content (AvgIpc) is 3.61. The molecule has 5 atom stereocenters. The van der Waals surface area contributed by atoms with Crippen LogP contribution in [-0.2, 0) is 30.0 Å². The fourth-order valence-electron chi connectivity index (χ4n) is 9.30. The standard InChI is InChI=1S/C58H76O7SSi2/c1-42-39-43(2)54(56(59)61-37-38-67(10,11)12)50(40-42)53(66-47-24-16-13-17-25-47)36-35-52-55(64-58(7,8)63-52)51(62-41-45-31-33-46(60-9)34-32-45)30-22-23-44(3)65-68(57(4,5)6,48-26-18-14-19-27-48)49-28-20-15-21-29-49/h13-22,24-34,39-40,44,51-53,55H,23,35-38,41H2,1-12H3/b30-22-/t44-,51?,52-,53?,55+/m0/s1. The molecule has 364 valence electrons. The molecule has 2 unspecified atom stereocenters. The summed E-state index contributed by atoms with van der Waals surface area (Å²) >= 11 is 1.78. The lowest BCUT2D eigenvalue weighted by molar-refractivity contribution is -0.156. The van der Waals surface area contributed by atoms with Crippen molar-refractivity contribution in [3.8, 4) is 5.75 Å². The lowest BCUT2D eigenvalue weighted by Crippen LogP contribution is -2.67. The van der Waals surface area contributed by atoms with Crippen molar-refractivity contribution in [1.82, 2.24) is 0 Å². The lowest BCUT2D eigenvalue weighted by atomic mass is 9.93. The van der Waals surface area contributed by atoms with Crippen molar-refractivity contribution in [2.45, 2.75) is 152 Å². The quantitative estimate of drug-likeness (QED) is 0.0294. The van der Waals surface area contributed by atoms with Gasteiger partial charge in [0.1, 0.15) is 18.0 Å². The van der Waals surface area contributed by atoms with E-state index in [2.05, 4.69) is 163 Å². The van der Waals surface area contributed by atoms with Crippen LogP contribution in [0.15, 0.2) is 144 Å². The van der Waals surface area contributed by atoms with Crippen molar-refractivity contribution >= 4 is 44.5 Å². The molecule has 1 saturated heterocycles. The van der Waals surface area contributed by atoms with Crippen LogP contribution in [-0.4, -0.2) is 66.3 Å². The van der Waals surface area contributed by atoms with E-state index in [-0.39, 0.29) is 28.5 Å². The SMILES string of the molecule is COc1ccc(COC(/C=C\C[C@H](C)O[Si](c2ccccc2)(c2ccccc2)C(C)(C)C)[C@H]2OC(C)(C)O[C@H]2CCC(Sc2ccccc2)c2cc(C)cc(C)c2C(=O)OCC[Si](C)(C)C)cc1. The second-order valence-electron chi connectivity index (χ2n) is 21.0. The highest BCUT2D eigenvalue weighted by Gasteiger charge is 2.51. The van der Waals surface area contributed by atoms with Crippen LogP contribution in [0, 0.1) is 13.8 Å². The van der Waals surface area contributed by atoms with Gasteiger partial charge in [0.25, 0.3) is 8.32 Å². The smallest absolute Gasteiger partial charge is 0.338 e. The molecule has 0 saturated carbocycles. The molecule has 0 N–H and O–H groups in total. The Morgan fingerprint density at radius 1 is 0.838 bits per heavy atom. The van der Waals surface area contributed by atoms with Crippen LogP contribution in [0.2, 0.25) is 30.7 Å². The Bertz CT molecular complexity index is 2340. The van der Waals surface area contributed by atoms with E-state index < -0.39 is 34.4 Å². The van der Waals surface area contributed by atoms with Crippen LogP contribution in [0.25, 0.3) is 0 Å². The molecule has 0 bridgehead atoms. The number of thioether (sulfide) groups is 1. The summed E-state index contributed by atoms with van der Waals surface area (Å²) in [6.45, 7) is 24.9. The van der Waals surface area contributed by atoms with Gasteiger partial charge >= 0.3 is 5.97 Å². The van der Waals surface area contributed by atoms with E-state index in [9.17, 15) is 4.79 Å². The van der Waals surface area contributed by atoms with Crippen molar-refractivity contribution in [2.24, 2.45) is 0 Å². The Balaban J connectivity index is 1.30. The summed E-state index contributed by atoms with van der Waals surface area (Å²) in [4.78, 5) is 15.2. The second kappa shape index (κ2) is 23.6. The number of carbonyl (C=O) groups excluding carboxylic acids is 1. The van der Waals surface area contributed by atoms with Gasteiger partial charge in [0.2, 0.25) is 0 Å². The van der Waals surface area contributed by atoms with Gasteiger partial charge in [-0.1, -0.05) is 161 Å². The number of esters is 1. The molecule has 0 spiro atoms. The number of methoxy groups -OCH3 is 1. The van der Waals surface area contributed by atoms with Crippen molar-refractivity contribution in [2.75, 3.05) is 13.7 Å². The van der Waals surface area contributed by atoms with E-state index in [4.69, 9.17) is 28.1 Å². The van der Waals surface area contributed by atoms with Gasteiger partial charge in [-0.15, -0.1) is 11.8 Å². The number of rotatable bonds is 22. The van der Waals surface area contributed by atoms with E-state index in [0.29, 0.717) is 31.6 Å². The predicted octanol–water partition coefficient (Wildman–Crippen LogP) is 13.4. The fraction of sp³-hybridized carbons (Fsp3) is 0.431. The van der Waals surface area contributed by atoms with Crippen LogP contribution in [0.1, 0.15) is 98.7 Å². The summed E-state index contributed by atoms with van der Waals surface area (Å²) in [5.41, 5.74) is 4.73. The van der Waals surface area contributed by atoms with Gasteiger partial charge in [0, 0.05) is 24.3 Å². The van der Waals surface area contributed by atoms with Gasteiger partial charge in [0.15, 0.2) is 5.79 Å². The monoisotopic (exact) mass is 972 g/mol. The number of ether oxygens (including phenoxy) is 5. The fourth-order valence-corrected chi connectivity index (χ4v) is 15.9. The Morgan fingerprint density at radius 2 is 1.44 bits per heavy atom. The molecule has 1 aliphatic rings. The molecule has 1 fully saturated rings. The third-order valence-electron chi connectivity index (χ3n) is 12.6. The molecule has 10 heteroatoms. The van der Waals surface area contributed by atoms with E-state index in [1.54, 1.807) is 18.9 Å². The average molecular weight is 973 g/mol. The zero-order chi connectivity index (χ0) is 49.1. The minimum atomic E-state index is -2.77. The maximum absolute atomic E-state index is 14.1. The summed E-state index contributed by atoms with van der Waals surface area (Å²) in [5, 5.41) is 2.30. The predicted molar refractivity (Wildman–Crippen MR) is 286 cm³/mol. The number of aryl methyl sites for hydroxylation is 2. The van der Waals surface area contributed by atoms with Gasteiger partial charge < -0.3 is 28.1 Å². The van der Waals surface area contributed by atoms with E-state index >= 15 is 0 Å². The Morgan fingerprint density at radius 3 is 2.01 bits per heavy atom. The minimum Gasteiger partial charge on any atom is -0.497 e. The first-order valence-corrected chi connectivity index (χ1v) is 30.8. The van der Waals surface area contributed by atoms with E-state index in [1.165, 1.54) is 10.4 Å². The maximum atomic E-state index is 14.1. The van der Waals surface area contributed by atoms with Crippen LogP contribution >= 0.6 is 11.8 Å². The summed E-state index contributed by atoms with van der Waals surface area (Å²) in [6.07, 6.45) is 5.16. The van der Waals surface area contributed by atoms with Gasteiger partial charge in [-0.25, -0.2) is 4.79 Å². The maximum Gasteiger partial charge on any atom is 0.338 e. The number of benzene rings is 5. The molecule has 7 nitrogen and oxygen atoms in total. The highest BCUT2D eigenvalue weighted by molar-refractivity contribution is 7.99. The summed E-state index contributed by atoms with van der Waals surface area (Å²) in [6, 6.07) is 45.2. The topological polar surface area (TPSA) is 72.5 Å². The van der Waals surface area contributed by atoms with Crippen LogP contribution in [0.3, 0.4) is 0 Å². The zero-order valence-electron chi connectivity index (χ0n) is 42.7. The molecule has 0 amide bonds. The van der Waals surface area contributed by atoms with Gasteiger partial charge in [-0.2, -0.15) is 0 Å². The van der Waals surface area contributed by atoms with Gasteiger partial charge in [0.05, 0.1) is 32.0 Å². The third-order valence-corrected chi connectivity index (χ3v) is 20.8. The van der Waals surface area contributed by atoms with Crippen molar-refractivity contribution in [3.05, 3.63) is 167 Å². The lowest BCUT2D eigenvalue weighted by Gasteiger charge is -2.44. The van der Waals surface area contributed by atoms with Crippen LogP contribution in [0.5, 0.6) is 5.75 Å². The molecule has 1 aliphatic heterocycles. The van der Waals surface area contributed by atoms with Crippen LogP contribution in [0.4, 0.5) is 0 Å². The second-order valence-corrected chi connectivity index (χ2v) is 32.2. The van der Waals surface area contributed by atoms with Gasteiger partial charge in [-0.05, 0) is 116 Å². The molecular weight excluding hydrogens is 897 g/mol. The molecule has 0 aromatic heterocycles. The molecule has 68 heavy (non-hydrogen) atoms. The Hall–Kier alpha value is -4.27. The minimum absolute atomic E-state index is 0.0720.